The summed E-state index contributed by atoms with van der Waals surface area (Å²) >= 11 is 0. The summed E-state index contributed by atoms with van der Waals surface area (Å²) < 4.78 is 17.2. The highest BCUT2D eigenvalue weighted by atomic mass is 16.6. The number of hydrogen-bond acceptors (Lipinski definition) is 9. The molecule has 3 aromatic rings. The van der Waals surface area contributed by atoms with Crippen LogP contribution < -0.4 is 15.0 Å². The lowest BCUT2D eigenvalue weighted by atomic mass is 9.88. The number of nitro groups is 1. The first-order valence-electron chi connectivity index (χ1n) is 12.6. The Bertz CT molecular complexity index is 1430. The number of fused-ring (bicyclic) bond motifs is 1. The Kier molecular flexibility index (Phi) is 8.35. The number of ether oxygens (including phenoxy) is 3. The Morgan fingerprint density at radius 1 is 1.26 bits per heavy atom. The van der Waals surface area contributed by atoms with Crippen LogP contribution in [-0.4, -0.2) is 46.6 Å². The summed E-state index contributed by atoms with van der Waals surface area (Å²) in [5.74, 6) is -0.154. The lowest BCUT2D eigenvalue weighted by molar-refractivity contribution is -0.386. The number of methoxy groups -OCH3 is 1. The number of nitrogens with zero attached hydrogens (tertiary/aromatic N) is 4. The third kappa shape index (κ3) is 5.66. The second kappa shape index (κ2) is 11.8. The van der Waals surface area contributed by atoms with Crippen molar-refractivity contribution < 1.29 is 23.9 Å². The Morgan fingerprint density at radius 3 is 2.68 bits per heavy atom. The molecule has 0 unspecified atom stereocenters. The monoisotopic (exact) mass is 522 g/mol. The molecule has 2 aromatic carbocycles. The predicted octanol–water partition coefficient (Wildman–Crippen LogP) is 4.57. The molecule has 0 bridgehead atoms. The molecule has 0 radical (unpaired) electrons. The van der Waals surface area contributed by atoms with Gasteiger partial charge < -0.3 is 14.2 Å². The van der Waals surface area contributed by atoms with Crippen LogP contribution in [0.2, 0.25) is 0 Å². The van der Waals surface area contributed by atoms with Crippen LogP contribution in [0.25, 0.3) is 10.9 Å². The third-order valence-corrected chi connectivity index (χ3v) is 6.45. The van der Waals surface area contributed by atoms with Crippen molar-refractivity contribution in [2.45, 2.75) is 58.0 Å². The summed E-state index contributed by atoms with van der Waals surface area (Å²) in [6.45, 7) is 3.34. The van der Waals surface area contributed by atoms with E-state index in [1.54, 1.807) is 19.1 Å². The molecule has 0 amide bonds. The van der Waals surface area contributed by atoms with Gasteiger partial charge in [0.1, 0.15) is 5.82 Å². The van der Waals surface area contributed by atoms with E-state index in [0.717, 1.165) is 32.1 Å². The molecule has 0 aliphatic heterocycles. The second-order valence-corrected chi connectivity index (χ2v) is 9.02. The van der Waals surface area contributed by atoms with Crippen LogP contribution in [0, 0.1) is 10.1 Å². The zero-order chi connectivity index (χ0) is 27.2. The average Bonchev–Trinajstić information content (AvgIpc) is 2.93. The molecule has 200 valence electrons. The maximum absolute atomic E-state index is 13.4. The lowest BCUT2D eigenvalue weighted by Gasteiger charge is -2.22. The van der Waals surface area contributed by atoms with E-state index in [9.17, 15) is 19.7 Å². The van der Waals surface area contributed by atoms with Gasteiger partial charge in [0.05, 0.1) is 35.8 Å². The van der Waals surface area contributed by atoms with Gasteiger partial charge in [0.25, 0.3) is 5.56 Å². The molecule has 1 aromatic heterocycles. The van der Waals surface area contributed by atoms with Crippen molar-refractivity contribution in [3.63, 3.8) is 0 Å². The van der Waals surface area contributed by atoms with Crippen LogP contribution in [0.1, 0.15) is 63.3 Å². The van der Waals surface area contributed by atoms with Crippen molar-refractivity contribution in [2.24, 2.45) is 5.10 Å². The fourth-order valence-electron chi connectivity index (χ4n) is 4.59. The first-order chi connectivity index (χ1) is 18.3. The van der Waals surface area contributed by atoms with Crippen molar-refractivity contribution in [3.8, 4) is 11.5 Å². The predicted molar refractivity (Wildman–Crippen MR) is 141 cm³/mol. The summed E-state index contributed by atoms with van der Waals surface area (Å²) in [7, 11) is 1.20. The minimum absolute atomic E-state index is 0.0652. The first kappa shape index (κ1) is 26.8. The van der Waals surface area contributed by atoms with Gasteiger partial charge in [0, 0.05) is 17.5 Å². The maximum atomic E-state index is 13.4. The van der Waals surface area contributed by atoms with Gasteiger partial charge in [-0.2, -0.15) is 9.78 Å². The van der Waals surface area contributed by atoms with Crippen LogP contribution in [-0.2, 0) is 9.53 Å². The fourth-order valence-corrected chi connectivity index (χ4v) is 4.59. The molecule has 0 N–H and O–H groups in total. The molecule has 1 aliphatic rings. The normalized spacial score (nSPS) is 14.9. The number of aromatic nitrogens is 2. The molecule has 11 heteroatoms. The van der Waals surface area contributed by atoms with E-state index in [2.05, 4.69) is 9.84 Å². The Balaban J connectivity index is 1.81. The van der Waals surface area contributed by atoms with Gasteiger partial charge >= 0.3 is 11.7 Å². The van der Waals surface area contributed by atoms with Crippen molar-refractivity contribution in [3.05, 3.63) is 68.3 Å². The number of benzene rings is 2. The number of rotatable bonds is 9. The molecular weight excluding hydrogens is 492 g/mol. The summed E-state index contributed by atoms with van der Waals surface area (Å²) in [6.07, 6.45) is 5.32. The summed E-state index contributed by atoms with van der Waals surface area (Å²) in [4.78, 5) is 41.4. The minimum Gasteiger partial charge on any atom is -0.490 e. The summed E-state index contributed by atoms with van der Waals surface area (Å²) in [6, 6.07) is 9.89. The second-order valence-electron chi connectivity index (χ2n) is 9.02. The van der Waals surface area contributed by atoms with E-state index in [1.165, 1.54) is 37.1 Å². The molecule has 11 nitrogen and oxygen atoms in total. The Labute approximate surface area is 219 Å². The van der Waals surface area contributed by atoms with Gasteiger partial charge in [-0.25, -0.2) is 9.78 Å². The first-order valence-corrected chi connectivity index (χ1v) is 12.6. The highest BCUT2D eigenvalue weighted by Crippen LogP contribution is 2.39. The van der Waals surface area contributed by atoms with Gasteiger partial charge in [-0.1, -0.05) is 31.4 Å². The topological polar surface area (TPSA) is 135 Å². The van der Waals surface area contributed by atoms with E-state index in [1.807, 2.05) is 12.1 Å². The Morgan fingerprint density at radius 2 is 2.00 bits per heavy atom. The molecule has 0 spiro atoms. The van der Waals surface area contributed by atoms with Crippen molar-refractivity contribution in [1.82, 2.24) is 9.66 Å². The SMILES string of the molecule is CCOc1cc(C=Nn2c(C3CCCCC3)nc3ccccc3c2=O)cc([N+](=O)[O-])c1O[C@@H](C)C(=O)OC. The van der Waals surface area contributed by atoms with Crippen LogP contribution in [0.5, 0.6) is 11.5 Å². The summed E-state index contributed by atoms with van der Waals surface area (Å²) in [5.41, 5.74) is 0.205. The number of carbonyl (C=O) groups excluding carboxylic acids is 1. The van der Waals surface area contributed by atoms with E-state index >= 15 is 0 Å². The van der Waals surface area contributed by atoms with Gasteiger partial charge in [-0.15, -0.1) is 0 Å². The molecule has 38 heavy (non-hydrogen) atoms. The van der Waals surface area contributed by atoms with E-state index < -0.39 is 22.7 Å². The van der Waals surface area contributed by atoms with E-state index in [0.29, 0.717) is 22.3 Å². The molecule has 0 saturated heterocycles. The fraction of sp³-hybridized carbons (Fsp3) is 0.407. The zero-order valence-corrected chi connectivity index (χ0v) is 21.6. The van der Waals surface area contributed by atoms with Crippen LogP contribution >= 0.6 is 0 Å². The van der Waals surface area contributed by atoms with Crippen molar-refractivity contribution >= 4 is 28.8 Å². The highest BCUT2D eigenvalue weighted by Gasteiger charge is 2.27. The molecule has 1 fully saturated rings. The van der Waals surface area contributed by atoms with Crippen LogP contribution in [0.3, 0.4) is 0 Å². The quantitative estimate of drug-likeness (QED) is 0.173. The highest BCUT2D eigenvalue weighted by molar-refractivity contribution is 5.84. The van der Waals surface area contributed by atoms with Gasteiger partial charge in [-0.3, -0.25) is 14.9 Å². The van der Waals surface area contributed by atoms with E-state index in [-0.39, 0.29) is 29.6 Å². The molecule has 1 heterocycles. The Hall–Kier alpha value is -4.28. The largest absolute Gasteiger partial charge is 0.490 e. The third-order valence-electron chi connectivity index (χ3n) is 6.45. The molecule has 4 rings (SSSR count). The van der Waals surface area contributed by atoms with Crippen LogP contribution in [0.15, 0.2) is 46.3 Å². The van der Waals surface area contributed by atoms with Crippen molar-refractivity contribution in [2.75, 3.05) is 13.7 Å². The van der Waals surface area contributed by atoms with Gasteiger partial charge in [0.15, 0.2) is 11.9 Å². The van der Waals surface area contributed by atoms with Gasteiger partial charge in [-0.05, 0) is 44.9 Å². The lowest BCUT2D eigenvalue weighted by Crippen LogP contribution is -2.25. The maximum Gasteiger partial charge on any atom is 0.346 e. The standard InChI is InChI=1S/C27H30N4O7/c1-4-37-23-15-18(14-22(31(34)35)24(23)38-17(2)27(33)36-3)16-28-30-25(19-10-6-5-7-11-19)29-21-13-9-8-12-20(21)26(30)32/h8-9,12-17,19H,4-7,10-11H2,1-3H3/t17-/m0/s1. The average molecular weight is 523 g/mol. The number of carbonyl (C=O) groups is 1. The summed E-state index contributed by atoms with van der Waals surface area (Å²) in [5, 5.41) is 16.8. The molecule has 1 atom stereocenters. The van der Waals surface area contributed by atoms with E-state index in [4.69, 9.17) is 14.5 Å². The van der Waals surface area contributed by atoms with Gasteiger partial charge in [0.2, 0.25) is 5.75 Å². The molecular formula is C27H30N4O7. The number of esters is 1. The smallest absolute Gasteiger partial charge is 0.346 e. The van der Waals surface area contributed by atoms with Crippen LogP contribution in [0.4, 0.5) is 5.69 Å². The molecule has 1 aliphatic carbocycles. The minimum atomic E-state index is -1.10. The molecule has 1 saturated carbocycles. The number of hydrogen-bond donors (Lipinski definition) is 0. The number of nitro benzene ring substituents is 1. The zero-order valence-electron chi connectivity index (χ0n) is 21.6. The van der Waals surface area contributed by atoms with Crippen molar-refractivity contribution in [1.29, 1.82) is 0 Å². The number of para-hydroxylation sites is 1.